The van der Waals surface area contributed by atoms with Gasteiger partial charge < -0.3 is 4.74 Å². The summed E-state index contributed by atoms with van der Waals surface area (Å²) in [6, 6.07) is 18.4. The van der Waals surface area contributed by atoms with E-state index in [1.165, 1.54) is 10.8 Å². The molecular formula is C18H20O2S3Si. The van der Waals surface area contributed by atoms with Gasteiger partial charge in [0.1, 0.15) is 10.1 Å². The highest BCUT2D eigenvalue weighted by atomic mass is 32.2. The van der Waals surface area contributed by atoms with Gasteiger partial charge in [-0.05, 0) is 11.1 Å². The summed E-state index contributed by atoms with van der Waals surface area (Å²) >= 11 is 8.52. The Kier molecular flexibility index (Phi) is 8.59. The van der Waals surface area contributed by atoms with Gasteiger partial charge in [0.05, 0.1) is 6.42 Å². The van der Waals surface area contributed by atoms with Crippen molar-refractivity contribution in [2.24, 2.45) is 0 Å². The molecule has 6 heteroatoms. The van der Waals surface area contributed by atoms with Crippen molar-refractivity contribution in [1.82, 2.24) is 0 Å². The first-order valence-electron chi connectivity index (χ1n) is 7.68. The Morgan fingerprint density at radius 3 is 2.42 bits per heavy atom. The molecule has 24 heavy (non-hydrogen) atoms. The molecule has 2 nitrogen and oxygen atoms in total. The zero-order chi connectivity index (χ0) is 17.2. The number of thiocarbonyl (C=S) groups is 1. The summed E-state index contributed by atoms with van der Waals surface area (Å²) in [5.41, 5.74) is 2.29. The van der Waals surface area contributed by atoms with Gasteiger partial charge in [-0.2, -0.15) is 0 Å². The monoisotopic (exact) mass is 392 g/mol. The van der Waals surface area contributed by atoms with Crippen LogP contribution in [0.4, 0.5) is 0 Å². The van der Waals surface area contributed by atoms with Crippen LogP contribution in [0.1, 0.15) is 17.5 Å². The second-order valence-electron chi connectivity index (χ2n) is 5.27. The topological polar surface area (TPSA) is 26.3 Å². The first-order valence-corrected chi connectivity index (χ1v) is 11.1. The summed E-state index contributed by atoms with van der Waals surface area (Å²) < 4.78 is 6.16. The number of esters is 1. The molecule has 0 saturated carbocycles. The van der Waals surface area contributed by atoms with Crippen LogP contribution in [0.25, 0.3) is 0 Å². The molecule has 0 N–H and O–H groups in total. The van der Waals surface area contributed by atoms with Gasteiger partial charge in [-0.1, -0.05) is 72.0 Å². The Hall–Kier alpha value is -1.08. The minimum absolute atomic E-state index is 0.173. The number of thioether (sulfide) groups is 2. The number of carbonyl (C=O) groups is 1. The van der Waals surface area contributed by atoms with Crippen LogP contribution in [0.15, 0.2) is 54.6 Å². The van der Waals surface area contributed by atoms with Gasteiger partial charge in [0.15, 0.2) is 0 Å². The van der Waals surface area contributed by atoms with Crippen LogP contribution in [-0.2, 0) is 21.9 Å². The van der Waals surface area contributed by atoms with Crippen molar-refractivity contribution in [1.29, 1.82) is 0 Å². The zero-order valence-corrected chi connectivity index (χ0v) is 18.0. The normalized spacial score (nSPS) is 10.5. The summed E-state index contributed by atoms with van der Waals surface area (Å²) in [4.78, 5) is 11.8. The molecule has 2 aromatic carbocycles. The van der Waals surface area contributed by atoms with Crippen LogP contribution in [0.2, 0.25) is 0 Å². The molecule has 0 aromatic heterocycles. The maximum atomic E-state index is 11.8. The number of hydrogen-bond acceptors (Lipinski definition) is 5. The van der Waals surface area contributed by atoms with Crippen LogP contribution in [0, 0.1) is 0 Å². The SMILES string of the molecule is O=C(CCSC(=S)SCc1ccccc1)OCc1ccc([SiH3])cc1. The predicted molar refractivity (Wildman–Crippen MR) is 113 cm³/mol. The summed E-state index contributed by atoms with van der Waals surface area (Å²) in [7, 11) is 1.04. The molecule has 0 bridgehead atoms. The van der Waals surface area contributed by atoms with Gasteiger partial charge >= 0.3 is 5.97 Å². The Bertz CT molecular complexity index is 660. The van der Waals surface area contributed by atoms with E-state index in [1.54, 1.807) is 23.5 Å². The molecule has 126 valence electrons. The first-order chi connectivity index (χ1) is 11.6. The highest BCUT2D eigenvalue weighted by Crippen LogP contribution is 2.22. The van der Waals surface area contributed by atoms with E-state index >= 15 is 0 Å². The molecule has 0 unspecified atom stereocenters. The van der Waals surface area contributed by atoms with E-state index in [9.17, 15) is 4.79 Å². The number of hydrogen-bond donors (Lipinski definition) is 0. The van der Waals surface area contributed by atoms with E-state index in [-0.39, 0.29) is 5.97 Å². The van der Waals surface area contributed by atoms with Crippen molar-refractivity contribution >= 4 is 60.7 Å². The fraction of sp³-hybridized carbons (Fsp3) is 0.222. The molecule has 0 aliphatic carbocycles. The molecule has 0 aliphatic rings. The maximum Gasteiger partial charge on any atom is 0.306 e. The van der Waals surface area contributed by atoms with Crippen molar-refractivity contribution in [3.63, 3.8) is 0 Å². The van der Waals surface area contributed by atoms with Crippen LogP contribution in [-0.4, -0.2) is 25.5 Å². The molecule has 0 spiro atoms. The molecule has 2 aromatic rings. The Balaban J connectivity index is 1.58. The Labute approximate surface area is 160 Å². The van der Waals surface area contributed by atoms with Crippen molar-refractivity contribution in [2.75, 3.05) is 5.75 Å². The minimum Gasteiger partial charge on any atom is -0.461 e. The highest BCUT2D eigenvalue weighted by Gasteiger charge is 2.06. The van der Waals surface area contributed by atoms with Gasteiger partial charge in [-0.3, -0.25) is 4.79 Å². The molecule has 0 radical (unpaired) electrons. The van der Waals surface area contributed by atoms with Crippen molar-refractivity contribution in [2.45, 2.75) is 18.8 Å². The summed E-state index contributed by atoms with van der Waals surface area (Å²) in [6.45, 7) is 0.346. The largest absolute Gasteiger partial charge is 0.461 e. The lowest BCUT2D eigenvalue weighted by Gasteiger charge is -2.06. The van der Waals surface area contributed by atoms with Crippen LogP contribution in [0.5, 0.6) is 0 Å². The number of benzene rings is 2. The van der Waals surface area contributed by atoms with E-state index in [4.69, 9.17) is 17.0 Å². The van der Waals surface area contributed by atoms with Gasteiger partial charge in [0, 0.05) is 21.7 Å². The fourth-order valence-electron chi connectivity index (χ4n) is 1.90. The third-order valence-electron chi connectivity index (χ3n) is 3.25. The molecule has 0 aliphatic heterocycles. The molecule has 0 heterocycles. The second-order valence-corrected chi connectivity index (χ2v) is 9.70. The van der Waals surface area contributed by atoms with Crippen LogP contribution < -0.4 is 5.19 Å². The van der Waals surface area contributed by atoms with E-state index in [0.29, 0.717) is 18.8 Å². The smallest absolute Gasteiger partial charge is 0.306 e. The number of rotatable bonds is 7. The maximum absolute atomic E-state index is 11.8. The Morgan fingerprint density at radius 2 is 1.71 bits per heavy atom. The fourth-order valence-corrected chi connectivity index (χ4v) is 4.33. The predicted octanol–water partition coefficient (Wildman–Crippen LogP) is 3.06. The van der Waals surface area contributed by atoms with Crippen LogP contribution >= 0.6 is 35.7 Å². The number of ether oxygens (including phenoxy) is 1. The average molecular weight is 393 g/mol. The lowest BCUT2D eigenvalue weighted by atomic mass is 10.2. The standard InChI is InChI=1S/C18H20O2S3Si/c19-17(20-12-14-6-8-16(24)9-7-14)10-11-22-18(21)23-13-15-4-2-1-3-5-15/h1-9H,10-13H2,24H3. The van der Waals surface area contributed by atoms with Gasteiger partial charge in [0.25, 0.3) is 0 Å². The lowest BCUT2D eigenvalue weighted by molar-refractivity contribution is -0.144. The molecule has 2 rings (SSSR count). The van der Waals surface area contributed by atoms with E-state index in [0.717, 1.165) is 25.1 Å². The van der Waals surface area contributed by atoms with Crippen molar-refractivity contribution in [3.8, 4) is 0 Å². The average Bonchev–Trinajstić information content (AvgIpc) is 2.60. The van der Waals surface area contributed by atoms with Gasteiger partial charge in [-0.15, -0.1) is 23.5 Å². The molecular weight excluding hydrogens is 372 g/mol. The minimum atomic E-state index is -0.173. The van der Waals surface area contributed by atoms with Crippen molar-refractivity contribution in [3.05, 3.63) is 65.7 Å². The first kappa shape index (κ1) is 19.2. The van der Waals surface area contributed by atoms with E-state index < -0.39 is 0 Å². The van der Waals surface area contributed by atoms with Gasteiger partial charge in [-0.25, -0.2) is 0 Å². The molecule has 0 atom stereocenters. The molecule has 0 saturated heterocycles. The molecule has 0 amide bonds. The Morgan fingerprint density at radius 1 is 1.00 bits per heavy atom. The van der Waals surface area contributed by atoms with Crippen molar-refractivity contribution < 1.29 is 9.53 Å². The lowest BCUT2D eigenvalue weighted by Crippen LogP contribution is -2.07. The van der Waals surface area contributed by atoms with E-state index in [1.807, 2.05) is 30.3 Å². The summed E-state index contributed by atoms with van der Waals surface area (Å²) in [5.74, 6) is 1.36. The zero-order valence-electron chi connectivity index (χ0n) is 13.6. The van der Waals surface area contributed by atoms with Gasteiger partial charge in [0.2, 0.25) is 0 Å². The molecule has 0 fully saturated rings. The third kappa shape index (κ3) is 7.66. The van der Waals surface area contributed by atoms with E-state index in [2.05, 4.69) is 24.3 Å². The summed E-state index contributed by atoms with van der Waals surface area (Å²) in [5, 5.41) is 1.34. The third-order valence-corrected chi connectivity index (χ3v) is 6.68. The highest BCUT2D eigenvalue weighted by molar-refractivity contribution is 8.46. The number of carbonyl (C=O) groups excluding carboxylic acids is 1. The quantitative estimate of drug-likeness (QED) is 0.410. The second kappa shape index (κ2) is 10.7. The summed E-state index contributed by atoms with van der Waals surface area (Å²) in [6.07, 6.45) is 0.384. The van der Waals surface area contributed by atoms with Crippen LogP contribution in [0.3, 0.4) is 0 Å².